The second-order valence-electron chi connectivity index (χ2n) is 3.86. The zero-order valence-electron chi connectivity index (χ0n) is 8.48. The zero-order chi connectivity index (χ0) is 11.0. The Bertz CT molecular complexity index is 394. The van der Waals surface area contributed by atoms with Gasteiger partial charge in [-0.3, -0.25) is 4.79 Å². The number of likely N-dealkylation sites (tertiary alicyclic amines) is 1. The molecule has 1 aliphatic rings. The van der Waals surface area contributed by atoms with E-state index in [-0.39, 0.29) is 18.0 Å². The van der Waals surface area contributed by atoms with Gasteiger partial charge in [-0.25, -0.2) is 0 Å². The highest BCUT2D eigenvalue weighted by Crippen LogP contribution is 2.31. The molecule has 2 N–H and O–H groups in total. The molecule has 1 heterocycles. The van der Waals surface area contributed by atoms with Gasteiger partial charge in [0.15, 0.2) is 0 Å². The summed E-state index contributed by atoms with van der Waals surface area (Å²) in [6, 6.07) is 7.25. The van der Waals surface area contributed by atoms with E-state index in [0.717, 1.165) is 5.56 Å². The van der Waals surface area contributed by atoms with E-state index in [2.05, 4.69) is 0 Å². The summed E-state index contributed by atoms with van der Waals surface area (Å²) < 4.78 is 0. The van der Waals surface area contributed by atoms with E-state index in [4.69, 9.17) is 17.3 Å². The molecule has 0 spiro atoms. The first-order valence-electron chi connectivity index (χ1n) is 4.87. The summed E-state index contributed by atoms with van der Waals surface area (Å²) in [6.45, 7) is 0. The van der Waals surface area contributed by atoms with E-state index < -0.39 is 0 Å². The van der Waals surface area contributed by atoms with Crippen LogP contribution in [0.5, 0.6) is 0 Å². The third-order valence-electron chi connectivity index (χ3n) is 2.84. The maximum Gasteiger partial charge on any atom is 0.239 e. The standard InChI is InChI=1S/C11H13ClN2O/c1-14-10(6-9(13)11(14)15)7-3-2-4-8(12)5-7/h2-5,9-10H,6,13H2,1H3/t9-,10-/m0/s1. The highest BCUT2D eigenvalue weighted by molar-refractivity contribution is 6.30. The van der Waals surface area contributed by atoms with Gasteiger partial charge in [-0.2, -0.15) is 0 Å². The molecule has 0 bridgehead atoms. The zero-order valence-corrected chi connectivity index (χ0v) is 9.24. The van der Waals surface area contributed by atoms with Gasteiger partial charge in [-0.1, -0.05) is 23.7 Å². The highest BCUT2D eigenvalue weighted by Gasteiger charge is 2.35. The lowest BCUT2D eigenvalue weighted by Gasteiger charge is -2.19. The van der Waals surface area contributed by atoms with Crippen molar-refractivity contribution in [3.8, 4) is 0 Å². The molecule has 4 heteroatoms. The van der Waals surface area contributed by atoms with Gasteiger partial charge in [0, 0.05) is 12.1 Å². The molecule has 2 atom stereocenters. The van der Waals surface area contributed by atoms with Crippen molar-refractivity contribution in [2.75, 3.05) is 7.05 Å². The lowest BCUT2D eigenvalue weighted by molar-refractivity contribution is -0.128. The number of carbonyl (C=O) groups is 1. The monoisotopic (exact) mass is 224 g/mol. The minimum Gasteiger partial charge on any atom is -0.337 e. The van der Waals surface area contributed by atoms with E-state index in [1.54, 1.807) is 11.9 Å². The van der Waals surface area contributed by atoms with E-state index in [0.29, 0.717) is 11.4 Å². The largest absolute Gasteiger partial charge is 0.337 e. The second kappa shape index (κ2) is 3.83. The first-order chi connectivity index (χ1) is 7.09. The van der Waals surface area contributed by atoms with Gasteiger partial charge < -0.3 is 10.6 Å². The van der Waals surface area contributed by atoms with Crippen LogP contribution >= 0.6 is 11.6 Å². The van der Waals surface area contributed by atoms with E-state index in [1.807, 2.05) is 24.3 Å². The first kappa shape index (κ1) is 10.5. The third-order valence-corrected chi connectivity index (χ3v) is 3.08. The number of halogens is 1. The number of likely N-dealkylation sites (N-methyl/N-ethyl adjacent to an activating group) is 1. The minimum atomic E-state index is -0.376. The van der Waals surface area contributed by atoms with E-state index in [9.17, 15) is 4.79 Å². The van der Waals surface area contributed by atoms with Crippen LogP contribution in [0.2, 0.25) is 5.02 Å². The molecule has 0 aliphatic carbocycles. The summed E-state index contributed by atoms with van der Waals surface area (Å²) in [6.07, 6.45) is 0.662. The highest BCUT2D eigenvalue weighted by atomic mass is 35.5. The molecule has 0 unspecified atom stereocenters. The Hall–Kier alpha value is -1.06. The number of nitrogens with zero attached hydrogens (tertiary/aromatic N) is 1. The number of carbonyl (C=O) groups excluding carboxylic acids is 1. The molecule has 1 aromatic carbocycles. The summed E-state index contributed by atoms with van der Waals surface area (Å²) in [5, 5.41) is 0.689. The van der Waals surface area contributed by atoms with Crippen LogP contribution < -0.4 is 5.73 Å². The normalized spacial score (nSPS) is 26.1. The predicted molar refractivity (Wildman–Crippen MR) is 59.6 cm³/mol. The molecule has 0 saturated carbocycles. The lowest BCUT2D eigenvalue weighted by Crippen LogP contribution is -2.31. The maximum atomic E-state index is 11.5. The fraction of sp³-hybridized carbons (Fsp3) is 0.364. The first-order valence-corrected chi connectivity index (χ1v) is 5.25. The van der Waals surface area contributed by atoms with Gasteiger partial charge >= 0.3 is 0 Å². The quantitative estimate of drug-likeness (QED) is 0.787. The Balaban J connectivity index is 2.29. The van der Waals surface area contributed by atoms with Crippen molar-refractivity contribution in [2.24, 2.45) is 5.73 Å². The third kappa shape index (κ3) is 1.85. The Morgan fingerprint density at radius 3 is 2.80 bits per heavy atom. The predicted octanol–water partition coefficient (Wildman–Crippen LogP) is 1.57. The number of hydrogen-bond donors (Lipinski definition) is 1. The van der Waals surface area contributed by atoms with Gasteiger partial charge in [-0.15, -0.1) is 0 Å². The molecule has 1 fully saturated rings. The molecule has 1 amide bonds. The average Bonchev–Trinajstić information content (AvgIpc) is 2.46. The molecule has 1 aliphatic heterocycles. The molecule has 3 nitrogen and oxygen atoms in total. The van der Waals surface area contributed by atoms with Gasteiger partial charge in [0.1, 0.15) is 0 Å². The van der Waals surface area contributed by atoms with E-state index >= 15 is 0 Å². The molecule has 0 aromatic heterocycles. The summed E-state index contributed by atoms with van der Waals surface area (Å²) in [5.74, 6) is -0.0000227. The van der Waals surface area contributed by atoms with Crippen LogP contribution in [0, 0.1) is 0 Å². The van der Waals surface area contributed by atoms with Gasteiger partial charge in [0.05, 0.1) is 12.1 Å². The Morgan fingerprint density at radius 2 is 2.27 bits per heavy atom. The summed E-state index contributed by atoms with van der Waals surface area (Å²) >= 11 is 5.91. The number of benzene rings is 1. The molecular weight excluding hydrogens is 212 g/mol. The van der Waals surface area contributed by atoms with E-state index in [1.165, 1.54) is 0 Å². The van der Waals surface area contributed by atoms with Crippen molar-refractivity contribution >= 4 is 17.5 Å². The van der Waals surface area contributed by atoms with Crippen molar-refractivity contribution in [1.29, 1.82) is 0 Å². The van der Waals surface area contributed by atoms with Crippen LogP contribution in [0.15, 0.2) is 24.3 Å². The average molecular weight is 225 g/mol. The van der Waals surface area contributed by atoms with Crippen molar-refractivity contribution in [2.45, 2.75) is 18.5 Å². The summed E-state index contributed by atoms with van der Waals surface area (Å²) in [4.78, 5) is 13.2. The maximum absolute atomic E-state index is 11.5. The molecule has 0 radical (unpaired) electrons. The fourth-order valence-corrected chi connectivity index (χ4v) is 2.19. The van der Waals surface area contributed by atoms with Gasteiger partial charge in [0.2, 0.25) is 5.91 Å². The van der Waals surface area contributed by atoms with Gasteiger partial charge in [0.25, 0.3) is 0 Å². The van der Waals surface area contributed by atoms with Crippen LogP contribution in [0.4, 0.5) is 0 Å². The minimum absolute atomic E-state index is 0.0000227. The number of amides is 1. The summed E-state index contributed by atoms with van der Waals surface area (Å²) in [5.41, 5.74) is 6.76. The van der Waals surface area contributed by atoms with Crippen molar-refractivity contribution in [3.63, 3.8) is 0 Å². The van der Waals surface area contributed by atoms with Crippen LogP contribution in [-0.2, 0) is 4.79 Å². The van der Waals surface area contributed by atoms with Crippen LogP contribution in [0.3, 0.4) is 0 Å². The topological polar surface area (TPSA) is 46.3 Å². The summed E-state index contributed by atoms with van der Waals surface area (Å²) in [7, 11) is 1.78. The molecule has 1 saturated heterocycles. The number of hydrogen-bond acceptors (Lipinski definition) is 2. The fourth-order valence-electron chi connectivity index (χ4n) is 1.99. The van der Waals surface area contributed by atoms with Crippen molar-refractivity contribution in [3.05, 3.63) is 34.9 Å². The second-order valence-corrected chi connectivity index (χ2v) is 4.30. The van der Waals surface area contributed by atoms with Crippen LogP contribution in [-0.4, -0.2) is 23.9 Å². The van der Waals surface area contributed by atoms with Crippen LogP contribution in [0.25, 0.3) is 0 Å². The SMILES string of the molecule is CN1C(=O)[C@@H](N)C[C@H]1c1cccc(Cl)c1. The number of nitrogens with two attached hydrogens (primary N) is 1. The van der Waals surface area contributed by atoms with Gasteiger partial charge in [-0.05, 0) is 24.1 Å². The molecular formula is C11H13ClN2O. The van der Waals surface area contributed by atoms with Crippen molar-refractivity contribution in [1.82, 2.24) is 4.90 Å². The van der Waals surface area contributed by atoms with Crippen LogP contribution in [0.1, 0.15) is 18.0 Å². The Morgan fingerprint density at radius 1 is 1.53 bits per heavy atom. The Kier molecular flexibility index (Phi) is 2.67. The smallest absolute Gasteiger partial charge is 0.239 e. The Labute approximate surface area is 93.8 Å². The molecule has 2 rings (SSSR count). The van der Waals surface area contributed by atoms with Crippen molar-refractivity contribution < 1.29 is 4.79 Å². The number of rotatable bonds is 1. The molecule has 1 aromatic rings. The molecule has 15 heavy (non-hydrogen) atoms. The lowest BCUT2D eigenvalue weighted by atomic mass is 10.0. The molecule has 80 valence electrons.